The number of primary amides is 1. The molecule has 1 rings (SSSR count). The summed E-state index contributed by atoms with van der Waals surface area (Å²) in [4.78, 5) is 22.8. The van der Waals surface area contributed by atoms with Gasteiger partial charge in [-0.15, -0.1) is 12.3 Å². The maximum Gasteiger partial charge on any atom is 0.416 e. The molecule has 0 aliphatic carbocycles. The highest BCUT2D eigenvalue weighted by Crippen LogP contribution is 2.29. The van der Waals surface area contributed by atoms with Crippen LogP contribution in [-0.4, -0.2) is 23.0 Å². The summed E-state index contributed by atoms with van der Waals surface area (Å²) in [6.07, 6.45) is -1.42. The lowest BCUT2D eigenvalue weighted by molar-refractivity contribution is -0.137. The molecule has 0 saturated heterocycles. The molecular weight excluding hydrogens is 301 g/mol. The Labute approximate surface area is 124 Å². The first kappa shape index (κ1) is 17.5. The van der Waals surface area contributed by atoms with Crippen molar-refractivity contribution in [3.8, 4) is 12.3 Å². The van der Waals surface area contributed by atoms with Gasteiger partial charge in [0.1, 0.15) is 6.04 Å². The van der Waals surface area contributed by atoms with Crippen molar-refractivity contribution in [3.63, 3.8) is 0 Å². The third-order valence-electron chi connectivity index (χ3n) is 2.78. The predicted octanol–water partition coefficient (Wildman–Crippen LogP) is 0.732. The van der Waals surface area contributed by atoms with Gasteiger partial charge in [0.2, 0.25) is 5.91 Å². The minimum atomic E-state index is -4.52. The van der Waals surface area contributed by atoms with Gasteiger partial charge < -0.3 is 16.2 Å². The van der Waals surface area contributed by atoms with Gasteiger partial charge in [0.25, 0.3) is 5.91 Å². The number of nitrogens with one attached hydrogen (secondary N) is 1. The third-order valence-corrected chi connectivity index (χ3v) is 2.78. The van der Waals surface area contributed by atoms with Crippen molar-refractivity contribution in [2.24, 2.45) is 5.73 Å². The van der Waals surface area contributed by atoms with Gasteiger partial charge in [-0.2, -0.15) is 13.2 Å². The maximum absolute atomic E-state index is 12.4. The molecule has 2 amide bonds. The fraction of sp³-hybridized carbons (Fsp3) is 0.286. The lowest BCUT2D eigenvalue weighted by Crippen LogP contribution is -2.45. The van der Waals surface area contributed by atoms with Crippen molar-refractivity contribution in [3.05, 3.63) is 35.4 Å². The predicted molar refractivity (Wildman–Crippen MR) is 71.0 cm³/mol. The number of aliphatic hydroxyl groups is 1. The van der Waals surface area contributed by atoms with Gasteiger partial charge in [-0.3, -0.25) is 9.59 Å². The van der Waals surface area contributed by atoms with E-state index in [-0.39, 0.29) is 12.0 Å². The van der Waals surface area contributed by atoms with Crippen LogP contribution in [0.15, 0.2) is 24.3 Å². The van der Waals surface area contributed by atoms with E-state index in [4.69, 9.17) is 12.2 Å². The average Bonchev–Trinajstić information content (AvgIpc) is 2.45. The zero-order valence-corrected chi connectivity index (χ0v) is 11.2. The number of aliphatic hydroxyl groups excluding tert-OH is 1. The summed E-state index contributed by atoms with van der Waals surface area (Å²) < 4.78 is 37.2. The standard InChI is InChI=1S/C14H13F3N2O3/c1-2-3-10(12(18)21)19-13(22)11(20)8-4-6-9(7-5-8)14(15,16)17/h1,4-7,10-11,20H,3H2,(H2,18,21)(H,19,22)/t10-,11-/m1/s1. The first-order valence-electron chi connectivity index (χ1n) is 6.05. The minimum absolute atomic E-state index is 0.0607. The fourth-order valence-corrected chi connectivity index (χ4v) is 1.60. The largest absolute Gasteiger partial charge is 0.416 e. The van der Waals surface area contributed by atoms with Crippen molar-refractivity contribution in [2.75, 3.05) is 0 Å². The van der Waals surface area contributed by atoms with Crippen LogP contribution in [0.25, 0.3) is 0 Å². The van der Waals surface area contributed by atoms with Crippen LogP contribution in [0.4, 0.5) is 13.2 Å². The molecule has 2 atom stereocenters. The Morgan fingerprint density at radius 2 is 1.86 bits per heavy atom. The van der Waals surface area contributed by atoms with Gasteiger partial charge >= 0.3 is 6.18 Å². The molecule has 0 bridgehead atoms. The summed E-state index contributed by atoms with van der Waals surface area (Å²) in [7, 11) is 0. The Morgan fingerprint density at radius 3 is 2.27 bits per heavy atom. The van der Waals surface area contributed by atoms with E-state index in [9.17, 15) is 27.9 Å². The van der Waals surface area contributed by atoms with Crippen LogP contribution < -0.4 is 11.1 Å². The number of halogens is 3. The number of hydrogen-bond donors (Lipinski definition) is 3. The third kappa shape index (κ3) is 4.49. The number of hydrogen-bond acceptors (Lipinski definition) is 3. The molecule has 8 heteroatoms. The molecule has 0 fully saturated rings. The second kappa shape index (κ2) is 6.95. The number of carbonyl (C=O) groups excluding carboxylic acids is 2. The summed E-state index contributed by atoms with van der Waals surface area (Å²) in [6.45, 7) is 0. The van der Waals surface area contributed by atoms with Crippen LogP contribution >= 0.6 is 0 Å². The molecule has 1 aromatic carbocycles. The number of terminal acetylenes is 1. The summed E-state index contributed by atoms with van der Waals surface area (Å²) in [6, 6.07) is 2.24. The van der Waals surface area contributed by atoms with Gasteiger partial charge in [0.05, 0.1) is 5.56 Å². The van der Waals surface area contributed by atoms with Crippen molar-refractivity contribution in [1.29, 1.82) is 0 Å². The topological polar surface area (TPSA) is 92.4 Å². The van der Waals surface area contributed by atoms with Gasteiger partial charge in [0, 0.05) is 6.42 Å². The van der Waals surface area contributed by atoms with Gasteiger partial charge in [-0.25, -0.2) is 0 Å². The van der Waals surface area contributed by atoms with Crippen molar-refractivity contribution in [2.45, 2.75) is 24.7 Å². The van der Waals surface area contributed by atoms with Crippen LogP contribution in [-0.2, 0) is 15.8 Å². The molecule has 0 aliphatic rings. The number of carbonyl (C=O) groups is 2. The summed E-state index contributed by atoms with van der Waals surface area (Å²) in [5, 5.41) is 11.9. The molecule has 4 N–H and O–H groups in total. The number of alkyl halides is 3. The molecule has 22 heavy (non-hydrogen) atoms. The van der Waals surface area contributed by atoms with Crippen LogP contribution in [0.1, 0.15) is 23.7 Å². The van der Waals surface area contributed by atoms with Crippen molar-refractivity contribution >= 4 is 11.8 Å². The van der Waals surface area contributed by atoms with Gasteiger partial charge in [0.15, 0.2) is 6.10 Å². The minimum Gasteiger partial charge on any atom is -0.378 e. The highest BCUT2D eigenvalue weighted by molar-refractivity contribution is 5.89. The monoisotopic (exact) mass is 314 g/mol. The van der Waals surface area contributed by atoms with Crippen LogP contribution in [0.2, 0.25) is 0 Å². The highest BCUT2D eigenvalue weighted by Gasteiger charge is 2.31. The Hall–Kier alpha value is -2.53. The molecule has 0 radical (unpaired) electrons. The number of rotatable bonds is 5. The zero-order chi connectivity index (χ0) is 16.9. The van der Waals surface area contributed by atoms with Gasteiger partial charge in [-0.1, -0.05) is 12.1 Å². The normalized spacial score (nSPS) is 13.8. The number of nitrogens with two attached hydrogens (primary N) is 1. The molecule has 118 valence electrons. The van der Waals surface area contributed by atoms with E-state index in [1.54, 1.807) is 0 Å². The molecular formula is C14H13F3N2O3. The first-order chi connectivity index (χ1) is 10.2. The lowest BCUT2D eigenvalue weighted by atomic mass is 10.1. The molecule has 0 spiro atoms. The van der Waals surface area contributed by atoms with Crippen molar-refractivity contribution < 1.29 is 27.9 Å². The Bertz CT molecular complexity index is 591. The van der Waals surface area contributed by atoms with Crippen LogP contribution in [0.5, 0.6) is 0 Å². The van der Waals surface area contributed by atoms with Crippen LogP contribution in [0.3, 0.4) is 0 Å². The second-order valence-electron chi connectivity index (χ2n) is 4.39. The summed E-state index contributed by atoms with van der Waals surface area (Å²) in [5.74, 6) is 0.264. The van der Waals surface area contributed by atoms with E-state index >= 15 is 0 Å². The molecule has 0 aliphatic heterocycles. The Balaban J connectivity index is 2.83. The molecule has 0 heterocycles. The molecule has 0 aromatic heterocycles. The van der Waals surface area contributed by atoms with Crippen molar-refractivity contribution in [1.82, 2.24) is 5.32 Å². The SMILES string of the molecule is C#CC[C@@H](NC(=O)[C@H](O)c1ccc(C(F)(F)F)cc1)C(N)=O. The summed E-state index contributed by atoms with van der Waals surface area (Å²) >= 11 is 0. The average molecular weight is 314 g/mol. The zero-order valence-electron chi connectivity index (χ0n) is 11.2. The van der Waals surface area contributed by atoms with E-state index in [1.165, 1.54) is 0 Å². The van der Waals surface area contributed by atoms with Gasteiger partial charge in [-0.05, 0) is 17.7 Å². The Kier molecular flexibility index (Phi) is 5.54. The van der Waals surface area contributed by atoms with Crippen LogP contribution in [0, 0.1) is 12.3 Å². The molecule has 0 saturated carbocycles. The van der Waals surface area contributed by atoms with E-state index in [0.29, 0.717) is 0 Å². The highest BCUT2D eigenvalue weighted by atomic mass is 19.4. The number of amides is 2. The maximum atomic E-state index is 12.4. The molecule has 0 unspecified atom stereocenters. The summed E-state index contributed by atoms with van der Waals surface area (Å²) in [5.41, 5.74) is 4.05. The molecule has 5 nitrogen and oxygen atoms in total. The van der Waals surface area contributed by atoms with E-state index < -0.39 is 35.7 Å². The Morgan fingerprint density at radius 1 is 1.32 bits per heavy atom. The number of benzene rings is 1. The molecule has 1 aromatic rings. The first-order valence-corrected chi connectivity index (χ1v) is 6.05. The van der Waals surface area contributed by atoms with E-state index in [1.807, 2.05) is 0 Å². The fourth-order valence-electron chi connectivity index (χ4n) is 1.60. The quantitative estimate of drug-likeness (QED) is 0.700. The smallest absolute Gasteiger partial charge is 0.378 e. The lowest BCUT2D eigenvalue weighted by Gasteiger charge is -2.17. The van der Waals surface area contributed by atoms with E-state index in [0.717, 1.165) is 24.3 Å². The van der Waals surface area contributed by atoms with E-state index in [2.05, 4.69) is 11.2 Å². The second-order valence-corrected chi connectivity index (χ2v) is 4.39.